The molecule has 1 aliphatic rings. The Kier molecular flexibility index (Phi) is 6.02. The molecule has 4 rings (SSSR count). The van der Waals surface area contributed by atoms with Crippen LogP contribution in [0.4, 0.5) is 0 Å². The number of nitrogens with zero attached hydrogens (tertiary/aromatic N) is 4. The van der Waals surface area contributed by atoms with Crippen LogP contribution in [0.5, 0.6) is 5.75 Å². The second-order valence-electron chi connectivity index (χ2n) is 7.03. The number of nitrogens with one attached hydrogen (secondary N) is 1. The van der Waals surface area contributed by atoms with E-state index in [1.165, 1.54) is 0 Å². The highest BCUT2D eigenvalue weighted by molar-refractivity contribution is 5.99. The monoisotopic (exact) mass is 395 g/mol. The molecule has 3 aromatic rings. The minimum atomic E-state index is -0.197. The molecule has 1 N–H and O–H groups in total. The maximum Gasteiger partial charge on any atom is 0.257 e. The molecule has 0 radical (unpaired) electrons. The zero-order valence-corrected chi connectivity index (χ0v) is 16.5. The van der Waals surface area contributed by atoms with Crippen LogP contribution < -0.4 is 10.1 Å². The van der Waals surface area contributed by atoms with Crippen LogP contribution >= 0.6 is 0 Å². The fourth-order valence-corrected chi connectivity index (χ4v) is 3.26. The van der Waals surface area contributed by atoms with Crippen molar-refractivity contribution in [3.8, 4) is 5.75 Å². The number of hydrogen-bond donors (Lipinski definition) is 1. The van der Waals surface area contributed by atoms with E-state index in [0.717, 1.165) is 49.9 Å². The van der Waals surface area contributed by atoms with Gasteiger partial charge in [0.05, 0.1) is 19.4 Å². The lowest BCUT2D eigenvalue weighted by molar-refractivity contribution is 0.0322. The van der Waals surface area contributed by atoms with E-state index in [1.807, 2.05) is 37.3 Å². The van der Waals surface area contributed by atoms with Gasteiger partial charge in [0.25, 0.3) is 5.91 Å². The van der Waals surface area contributed by atoms with Gasteiger partial charge in [-0.3, -0.25) is 9.69 Å². The predicted molar refractivity (Wildman–Crippen MR) is 108 cm³/mol. The van der Waals surface area contributed by atoms with Gasteiger partial charge < -0.3 is 14.8 Å². The largest absolute Gasteiger partial charge is 0.492 e. The van der Waals surface area contributed by atoms with E-state index >= 15 is 0 Å². The number of fused-ring (bicyclic) bond motifs is 1. The molecule has 3 heterocycles. The number of benzene rings is 1. The van der Waals surface area contributed by atoms with E-state index < -0.39 is 0 Å². The molecule has 0 bridgehead atoms. The fourth-order valence-electron chi connectivity index (χ4n) is 3.26. The molecule has 0 aliphatic carbocycles. The van der Waals surface area contributed by atoms with Crippen molar-refractivity contribution in [1.29, 1.82) is 0 Å². The maximum absolute atomic E-state index is 12.6. The molecule has 2 aromatic heterocycles. The van der Waals surface area contributed by atoms with Gasteiger partial charge in [0, 0.05) is 38.1 Å². The Labute approximate surface area is 169 Å². The Morgan fingerprint density at radius 3 is 3.00 bits per heavy atom. The van der Waals surface area contributed by atoms with Crippen molar-refractivity contribution in [3.63, 3.8) is 0 Å². The highest BCUT2D eigenvalue weighted by Crippen LogP contribution is 2.14. The maximum atomic E-state index is 12.6. The van der Waals surface area contributed by atoms with Crippen molar-refractivity contribution < 1.29 is 14.3 Å². The first kappa shape index (κ1) is 19.4. The van der Waals surface area contributed by atoms with Crippen molar-refractivity contribution in [2.45, 2.75) is 13.5 Å². The third-order valence-electron chi connectivity index (χ3n) is 4.88. The minimum absolute atomic E-state index is 0.197. The normalized spacial score (nSPS) is 14.8. The molecule has 8 nitrogen and oxygen atoms in total. The lowest BCUT2D eigenvalue weighted by atomic mass is 10.2. The highest BCUT2D eigenvalue weighted by Gasteiger charge is 2.14. The first-order valence-corrected chi connectivity index (χ1v) is 9.80. The molecule has 1 aromatic carbocycles. The topological polar surface area (TPSA) is 81.0 Å². The Morgan fingerprint density at radius 2 is 2.14 bits per heavy atom. The summed E-state index contributed by atoms with van der Waals surface area (Å²) in [6, 6.07) is 9.65. The Morgan fingerprint density at radius 1 is 1.28 bits per heavy atom. The van der Waals surface area contributed by atoms with Crippen LogP contribution in [0.25, 0.3) is 5.65 Å². The molecule has 8 heteroatoms. The van der Waals surface area contributed by atoms with Crippen LogP contribution in [0.1, 0.15) is 21.6 Å². The fraction of sp³-hybridized carbons (Fsp3) is 0.381. The number of amides is 1. The van der Waals surface area contributed by atoms with Gasteiger partial charge in [-0.05, 0) is 30.7 Å². The molecule has 0 atom stereocenters. The van der Waals surface area contributed by atoms with Crippen molar-refractivity contribution in [1.82, 2.24) is 24.8 Å². The first-order chi connectivity index (χ1) is 14.2. The van der Waals surface area contributed by atoms with Gasteiger partial charge in [0.1, 0.15) is 17.9 Å². The van der Waals surface area contributed by atoms with Crippen LogP contribution in [-0.4, -0.2) is 64.9 Å². The van der Waals surface area contributed by atoms with Gasteiger partial charge in [-0.2, -0.15) is 5.10 Å². The molecule has 0 unspecified atom stereocenters. The van der Waals surface area contributed by atoms with Crippen LogP contribution in [0.3, 0.4) is 0 Å². The summed E-state index contributed by atoms with van der Waals surface area (Å²) in [6.45, 7) is 7.28. The summed E-state index contributed by atoms with van der Waals surface area (Å²) in [5.41, 5.74) is 2.84. The number of aryl methyl sites for hydroxylation is 1. The summed E-state index contributed by atoms with van der Waals surface area (Å²) in [5.74, 6) is 0.607. The van der Waals surface area contributed by atoms with Crippen LogP contribution in [-0.2, 0) is 11.3 Å². The molecular weight excluding hydrogens is 370 g/mol. The third kappa shape index (κ3) is 4.90. The molecule has 1 aliphatic heterocycles. The molecule has 1 fully saturated rings. The first-order valence-electron chi connectivity index (χ1n) is 9.80. The molecule has 0 saturated carbocycles. The average Bonchev–Trinajstić information content (AvgIpc) is 3.16. The van der Waals surface area contributed by atoms with Gasteiger partial charge in [-0.25, -0.2) is 9.50 Å². The Balaban J connectivity index is 1.31. The Hall–Kier alpha value is -2.97. The van der Waals surface area contributed by atoms with Crippen molar-refractivity contribution in [3.05, 3.63) is 59.5 Å². The number of hydrogen-bond acceptors (Lipinski definition) is 6. The molecule has 152 valence electrons. The third-order valence-corrected chi connectivity index (χ3v) is 4.88. The van der Waals surface area contributed by atoms with Crippen molar-refractivity contribution >= 4 is 11.6 Å². The summed E-state index contributed by atoms with van der Waals surface area (Å²) < 4.78 is 12.8. The van der Waals surface area contributed by atoms with Gasteiger partial charge in [0.2, 0.25) is 0 Å². The summed E-state index contributed by atoms with van der Waals surface area (Å²) in [7, 11) is 0. The van der Waals surface area contributed by atoms with E-state index in [2.05, 4.69) is 20.3 Å². The lowest BCUT2D eigenvalue weighted by Gasteiger charge is -2.26. The number of carbonyl (C=O) groups excluding carboxylic acids is 1. The molecule has 1 amide bonds. The summed E-state index contributed by atoms with van der Waals surface area (Å²) in [5, 5.41) is 7.12. The molecule has 0 spiro atoms. The average molecular weight is 395 g/mol. The molecule has 29 heavy (non-hydrogen) atoms. The predicted octanol–water partition coefficient (Wildman–Crippen LogP) is 1.68. The van der Waals surface area contributed by atoms with Gasteiger partial charge in [-0.15, -0.1) is 0 Å². The number of rotatable bonds is 7. The van der Waals surface area contributed by atoms with Crippen molar-refractivity contribution in [2.75, 3.05) is 39.5 Å². The zero-order valence-electron chi connectivity index (χ0n) is 16.5. The SMILES string of the molecule is Cc1ccn2ncc(C(=O)NCc3cccc(OCCN4CCOCC4)c3)c2n1. The van der Waals surface area contributed by atoms with Crippen LogP contribution in [0.2, 0.25) is 0 Å². The summed E-state index contributed by atoms with van der Waals surface area (Å²) >= 11 is 0. The van der Waals surface area contributed by atoms with Crippen molar-refractivity contribution in [2.24, 2.45) is 0 Å². The van der Waals surface area contributed by atoms with E-state index in [1.54, 1.807) is 16.9 Å². The van der Waals surface area contributed by atoms with Crippen LogP contribution in [0, 0.1) is 6.92 Å². The number of morpholine rings is 1. The van der Waals surface area contributed by atoms with Gasteiger partial charge in [0.15, 0.2) is 5.65 Å². The lowest BCUT2D eigenvalue weighted by Crippen LogP contribution is -2.38. The smallest absolute Gasteiger partial charge is 0.257 e. The van der Waals surface area contributed by atoms with Gasteiger partial charge >= 0.3 is 0 Å². The number of ether oxygens (including phenoxy) is 2. The quantitative estimate of drug-likeness (QED) is 0.656. The standard InChI is InChI=1S/C21H25N5O3/c1-16-5-6-26-20(24-16)19(15-23-26)21(27)22-14-17-3-2-4-18(13-17)29-12-9-25-7-10-28-11-8-25/h2-6,13,15H,7-12,14H2,1H3,(H,22,27). The minimum Gasteiger partial charge on any atom is -0.492 e. The molecular formula is C21H25N5O3. The Bertz CT molecular complexity index is 981. The molecule has 1 saturated heterocycles. The summed E-state index contributed by atoms with van der Waals surface area (Å²) in [4.78, 5) is 19.3. The van der Waals surface area contributed by atoms with E-state index in [-0.39, 0.29) is 5.91 Å². The van der Waals surface area contributed by atoms with Crippen LogP contribution in [0.15, 0.2) is 42.7 Å². The number of aromatic nitrogens is 3. The van der Waals surface area contributed by atoms with E-state index in [0.29, 0.717) is 24.4 Å². The number of carbonyl (C=O) groups is 1. The van der Waals surface area contributed by atoms with E-state index in [9.17, 15) is 4.79 Å². The second-order valence-corrected chi connectivity index (χ2v) is 7.03. The van der Waals surface area contributed by atoms with Gasteiger partial charge in [-0.1, -0.05) is 12.1 Å². The summed E-state index contributed by atoms with van der Waals surface area (Å²) in [6.07, 6.45) is 3.34. The second kappa shape index (κ2) is 9.02. The van der Waals surface area contributed by atoms with E-state index in [4.69, 9.17) is 9.47 Å². The zero-order chi connectivity index (χ0) is 20.1. The highest BCUT2D eigenvalue weighted by atomic mass is 16.5.